The number of rotatable bonds is 7. The smallest absolute Gasteiger partial charge is 0.224 e. The predicted octanol–water partition coefficient (Wildman–Crippen LogP) is 3.25. The average Bonchev–Trinajstić information content (AvgIpc) is 2.71. The molecular formula is C22H23NO4. The van der Waals surface area contributed by atoms with E-state index in [0.717, 1.165) is 16.3 Å². The van der Waals surface area contributed by atoms with Gasteiger partial charge in [-0.3, -0.25) is 4.79 Å². The minimum Gasteiger partial charge on any atom is -0.493 e. The molecule has 3 aromatic carbocycles. The van der Waals surface area contributed by atoms with E-state index in [1.54, 1.807) is 32.4 Å². The molecule has 2 N–H and O–H groups in total. The number of methoxy groups -OCH3 is 2. The molecule has 5 heteroatoms. The van der Waals surface area contributed by atoms with Crippen molar-refractivity contribution >= 4 is 16.7 Å². The summed E-state index contributed by atoms with van der Waals surface area (Å²) in [4.78, 5) is 12.3. The SMILES string of the molecule is COc1ccc(C(O)CNC(=O)Cc2cccc3ccccc23)cc1OC. The van der Waals surface area contributed by atoms with Crippen molar-refractivity contribution in [3.8, 4) is 11.5 Å². The lowest BCUT2D eigenvalue weighted by atomic mass is 10.0. The van der Waals surface area contributed by atoms with Gasteiger partial charge in [-0.1, -0.05) is 48.5 Å². The van der Waals surface area contributed by atoms with E-state index in [0.29, 0.717) is 17.1 Å². The second kappa shape index (κ2) is 8.56. The lowest BCUT2D eigenvalue weighted by Gasteiger charge is -2.15. The van der Waals surface area contributed by atoms with Crippen LogP contribution in [0.4, 0.5) is 0 Å². The number of carbonyl (C=O) groups is 1. The number of aliphatic hydroxyl groups excluding tert-OH is 1. The molecule has 1 unspecified atom stereocenters. The van der Waals surface area contributed by atoms with E-state index in [1.165, 1.54) is 0 Å². The highest BCUT2D eigenvalue weighted by Gasteiger charge is 2.14. The highest BCUT2D eigenvalue weighted by Crippen LogP contribution is 2.29. The number of aliphatic hydroxyl groups is 1. The first-order valence-corrected chi connectivity index (χ1v) is 8.75. The number of benzene rings is 3. The zero-order valence-corrected chi connectivity index (χ0v) is 15.4. The third-order valence-electron chi connectivity index (χ3n) is 4.52. The highest BCUT2D eigenvalue weighted by atomic mass is 16.5. The summed E-state index contributed by atoms with van der Waals surface area (Å²) in [7, 11) is 3.10. The Morgan fingerprint density at radius 1 is 1.00 bits per heavy atom. The molecular weight excluding hydrogens is 342 g/mol. The van der Waals surface area contributed by atoms with Gasteiger partial charge in [-0.05, 0) is 34.0 Å². The van der Waals surface area contributed by atoms with Crippen molar-refractivity contribution in [1.82, 2.24) is 5.32 Å². The van der Waals surface area contributed by atoms with Crippen LogP contribution in [-0.2, 0) is 11.2 Å². The van der Waals surface area contributed by atoms with Crippen LogP contribution in [0.5, 0.6) is 11.5 Å². The van der Waals surface area contributed by atoms with Crippen LogP contribution in [-0.4, -0.2) is 31.8 Å². The van der Waals surface area contributed by atoms with Crippen LogP contribution in [0.25, 0.3) is 10.8 Å². The largest absolute Gasteiger partial charge is 0.493 e. The number of nitrogens with one attached hydrogen (secondary N) is 1. The summed E-state index contributed by atoms with van der Waals surface area (Å²) < 4.78 is 10.4. The summed E-state index contributed by atoms with van der Waals surface area (Å²) in [5.74, 6) is 0.996. The summed E-state index contributed by atoms with van der Waals surface area (Å²) in [5, 5.41) is 15.3. The first-order valence-electron chi connectivity index (χ1n) is 8.75. The molecule has 3 rings (SSSR count). The predicted molar refractivity (Wildman–Crippen MR) is 105 cm³/mol. The second-order valence-electron chi connectivity index (χ2n) is 6.25. The van der Waals surface area contributed by atoms with E-state index >= 15 is 0 Å². The van der Waals surface area contributed by atoms with Gasteiger partial charge < -0.3 is 19.9 Å². The Balaban J connectivity index is 1.63. The van der Waals surface area contributed by atoms with Crippen LogP contribution in [0.15, 0.2) is 60.7 Å². The van der Waals surface area contributed by atoms with Crippen LogP contribution in [0.3, 0.4) is 0 Å². The van der Waals surface area contributed by atoms with Crippen molar-refractivity contribution in [3.63, 3.8) is 0 Å². The summed E-state index contributed by atoms with van der Waals surface area (Å²) in [5.41, 5.74) is 1.62. The lowest BCUT2D eigenvalue weighted by molar-refractivity contribution is -0.120. The average molecular weight is 365 g/mol. The van der Waals surface area contributed by atoms with E-state index in [1.807, 2.05) is 42.5 Å². The maximum absolute atomic E-state index is 12.3. The molecule has 140 valence electrons. The van der Waals surface area contributed by atoms with Gasteiger partial charge in [-0.25, -0.2) is 0 Å². The molecule has 3 aromatic rings. The molecule has 0 aliphatic heterocycles. The van der Waals surface area contributed by atoms with E-state index in [2.05, 4.69) is 5.32 Å². The van der Waals surface area contributed by atoms with Crippen molar-refractivity contribution < 1.29 is 19.4 Å². The third-order valence-corrected chi connectivity index (χ3v) is 4.52. The lowest BCUT2D eigenvalue weighted by Crippen LogP contribution is -2.29. The van der Waals surface area contributed by atoms with Crippen molar-refractivity contribution in [3.05, 3.63) is 71.8 Å². The molecule has 0 saturated heterocycles. The van der Waals surface area contributed by atoms with Gasteiger partial charge >= 0.3 is 0 Å². The van der Waals surface area contributed by atoms with Gasteiger partial charge in [0.15, 0.2) is 11.5 Å². The van der Waals surface area contributed by atoms with E-state index < -0.39 is 6.10 Å². The second-order valence-corrected chi connectivity index (χ2v) is 6.25. The Bertz CT molecular complexity index is 933. The topological polar surface area (TPSA) is 67.8 Å². The maximum Gasteiger partial charge on any atom is 0.224 e. The fraction of sp³-hybridized carbons (Fsp3) is 0.227. The maximum atomic E-state index is 12.3. The summed E-state index contributed by atoms with van der Waals surface area (Å²) in [6.07, 6.45) is -0.568. The zero-order valence-electron chi connectivity index (χ0n) is 15.4. The fourth-order valence-electron chi connectivity index (χ4n) is 3.07. The molecule has 27 heavy (non-hydrogen) atoms. The highest BCUT2D eigenvalue weighted by molar-refractivity contribution is 5.90. The Morgan fingerprint density at radius 2 is 1.74 bits per heavy atom. The molecule has 1 atom stereocenters. The van der Waals surface area contributed by atoms with Crippen molar-refractivity contribution in [1.29, 1.82) is 0 Å². The Hall–Kier alpha value is -3.05. The Morgan fingerprint density at radius 3 is 2.52 bits per heavy atom. The van der Waals surface area contributed by atoms with Crippen molar-refractivity contribution in [2.45, 2.75) is 12.5 Å². The van der Waals surface area contributed by atoms with Crippen LogP contribution in [0.1, 0.15) is 17.2 Å². The molecule has 0 spiro atoms. The summed E-state index contributed by atoms with van der Waals surface area (Å²) in [6, 6.07) is 19.1. The van der Waals surface area contributed by atoms with Crippen molar-refractivity contribution in [2.24, 2.45) is 0 Å². The van der Waals surface area contributed by atoms with Gasteiger partial charge in [0.05, 0.1) is 26.7 Å². The molecule has 0 saturated carbocycles. The van der Waals surface area contributed by atoms with Gasteiger partial charge in [-0.2, -0.15) is 0 Å². The van der Waals surface area contributed by atoms with E-state index in [4.69, 9.17) is 9.47 Å². The first-order chi connectivity index (χ1) is 13.1. The van der Waals surface area contributed by atoms with Crippen LogP contribution < -0.4 is 14.8 Å². The molecule has 1 amide bonds. The standard InChI is InChI=1S/C22H23NO4/c1-26-20-11-10-17(12-21(20)27-2)19(24)14-23-22(25)13-16-8-5-7-15-6-3-4-9-18(15)16/h3-12,19,24H,13-14H2,1-2H3,(H,23,25). The molecule has 0 aromatic heterocycles. The number of carbonyl (C=O) groups excluding carboxylic acids is 1. The summed E-state index contributed by atoms with van der Waals surface area (Å²) in [6.45, 7) is 0.124. The molecule has 0 heterocycles. The quantitative estimate of drug-likeness (QED) is 0.674. The molecule has 5 nitrogen and oxygen atoms in total. The number of hydrogen-bond donors (Lipinski definition) is 2. The zero-order chi connectivity index (χ0) is 19.2. The monoisotopic (exact) mass is 365 g/mol. The van der Waals surface area contributed by atoms with E-state index in [9.17, 15) is 9.90 Å². The first kappa shape index (κ1) is 18.7. The van der Waals surface area contributed by atoms with Gasteiger partial charge in [0.2, 0.25) is 5.91 Å². The van der Waals surface area contributed by atoms with Crippen LogP contribution in [0, 0.1) is 0 Å². The van der Waals surface area contributed by atoms with Gasteiger partial charge in [0.1, 0.15) is 0 Å². The van der Waals surface area contributed by atoms with E-state index in [-0.39, 0.29) is 18.9 Å². The third kappa shape index (κ3) is 4.38. The summed E-state index contributed by atoms with van der Waals surface area (Å²) >= 11 is 0. The van der Waals surface area contributed by atoms with Gasteiger partial charge in [0, 0.05) is 6.54 Å². The van der Waals surface area contributed by atoms with Crippen LogP contribution in [0.2, 0.25) is 0 Å². The minimum atomic E-state index is -0.832. The van der Waals surface area contributed by atoms with Gasteiger partial charge in [0.25, 0.3) is 0 Å². The number of ether oxygens (including phenoxy) is 2. The van der Waals surface area contributed by atoms with Crippen molar-refractivity contribution in [2.75, 3.05) is 20.8 Å². The normalized spacial score (nSPS) is 11.8. The van der Waals surface area contributed by atoms with Crippen LogP contribution >= 0.6 is 0 Å². The van der Waals surface area contributed by atoms with Gasteiger partial charge in [-0.15, -0.1) is 0 Å². The molecule has 0 aliphatic carbocycles. The number of amides is 1. The number of hydrogen-bond acceptors (Lipinski definition) is 4. The molecule has 0 bridgehead atoms. The molecule has 0 fully saturated rings. The Kier molecular flexibility index (Phi) is 5.94. The molecule has 0 radical (unpaired) electrons. The fourth-order valence-corrected chi connectivity index (χ4v) is 3.07. The minimum absolute atomic E-state index is 0.124. The Labute approximate surface area is 158 Å². The number of fused-ring (bicyclic) bond motifs is 1. The molecule has 0 aliphatic rings.